The summed E-state index contributed by atoms with van der Waals surface area (Å²) in [6, 6.07) is 0. The predicted molar refractivity (Wildman–Crippen MR) is 245 cm³/mol. The third-order valence-corrected chi connectivity index (χ3v) is 17.1. The number of likely N-dealkylation sites (N-methyl/N-ethyl adjacent to an activating group) is 6. The molecule has 0 aliphatic carbocycles. The maximum atomic E-state index is 15.0. The van der Waals surface area contributed by atoms with E-state index in [0.717, 1.165) is 0 Å². The lowest BCUT2D eigenvalue weighted by Crippen LogP contribution is -2.33. The molecule has 6 fully saturated rings. The average Bonchev–Trinajstić information content (AvgIpc) is 4.13. The van der Waals surface area contributed by atoms with Gasteiger partial charge < -0.3 is 53.6 Å². The first-order valence-corrected chi connectivity index (χ1v) is 28.5. The summed E-state index contributed by atoms with van der Waals surface area (Å²) in [5.41, 5.74) is -0.928. The second-order valence-electron chi connectivity index (χ2n) is 18.1. The molecular formula is C37H71N9O17P4. The standard InChI is InChI=1S/C37H71N9O17P4/c1-37(2,3)63-67(51,52)57-21-10-20-56-64(48,38-34-41(4)14-15-42(34)5)61-29-12-23-54-32(29)26-59-66(50,40-36-45(8)18-19-46(36)9)62-30-13-24-55-33(30)27-58-65(49,39-35-43(6)16-17-44(35)7)60-28-11-22-53-31(28)25-47/h28-33,47H,10-27H2,1-9H3,(H,51,52)/t28-,29-,30-,31?,32?,33?,64?,65?,66?/m1/s1. The van der Waals surface area contributed by atoms with Crippen LogP contribution in [0, 0.1) is 0 Å². The van der Waals surface area contributed by atoms with E-state index in [1.54, 1.807) is 58.8 Å². The summed E-state index contributed by atoms with van der Waals surface area (Å²) in [4.78, 5) is 21.0. The Kier molecular flexibility index (Phi) is 18.9. The fourth-order valence-corrected chi connectivity index (χ4v) is 13.7. The lowest BCUT2D eigenvalue weighted by atomic mass is 10.2. The SMILES string of the molecule is CN1CCN(C)C1=NP(=O)(OCC1OCC[C@H]1OP(=O)(N=C1N(C)CCN1C)OCC1OCC[C@H]1OP(=O)(N=C1N(C)CCN1C)OCCCOP(=O)(O)OC(C)(C)C)O[C@@H]1CCOC1CO. The highest BCUT2D eigenvalue weighted by Crippen LogP contribution is 2.57. The molecule has 6 heterocycles. The van der Waals surface area contributed by atoms with Crippen LogP contribution in [0.5, 0.6) is 0 Å². The number of phosphoric ester groups is 1. The minimum Gasteiger partial charge on any atom is -0.394 e. The van der Waals surface area contributed by atoms with Crippen LogP contribution in [0.1, 0.15) is 46.5 Å². The van der Waals surface area contributed by atoms with E-state index in [9.17, 15) is 28.3 Å². The molecule has 6 aliphatic rings. The fraction of sp³-hybridized carbons (Fsp3) is 0.919. The minimum absolute atomic E-state index is 0.0451. The summed E-state index contributed by atoms with van der Waals surface area (Å²) in [5, 5.41) is 9.88. The van der Waals surface area contributed by atoms with Crippen molar-refractivity contribution >= 4 is 48.9 Å². The lowest BCUT2D eigenvalue weighted by Gasteiger charge is -2.28. The Morgan fingerprint density at radius 2 is 0.881 bits per heavy atom. The van der Waals surface area contributed by atoms with Crippen LogP contribution in [0.25, 0.3) is 0 Å². The number of nitrogens with zero attached hydrogens (tertiary/aromatic N) is 9. The quantitative estimate of drug-likeness (QED) is 0.110. The van der Waals surface area contributed by atoms with Crippen LogP contribution in [0.3, 0.4) is 0 Å². The summed E-state index contributed by atoms with van der Waals surface area (Å²) in [6.45, 7) is 7.71. The summed E-state index contributed by atoms with van der Waals surface area (Å²) < 4.78 is 134. The Bertz CT molecular complexity index is 1930. The van der Waals surface area contributed by atoms with Gasteiger partial charge in [-0.05, 0) is 27.2 Å². The fourth-order valence-electron chi connectivity index (χ4n) is 7.78. The topological polar surface area (TPSA) is 267 Å². The molecule has 26 nitrogen and oxygen atoms in total. The van der Waals surface area contributed by atoms with Crippen LogP contribution in [0.4, 0.5) is 0 Å². The van der Waals surface area contributed by atoms with Crippen LogP contribution in [0.15, 0.2) is 14.3 Å². The Hall–Kier alpha value is -1.79. The zero-order chi connectivity index (χ0) is 48.8. The maximum absolute atomic E-state index is 15.0. The zero-order valence-electron chi connectivity index (χ0n) is 40.0. The molecule has 6 rings (SSSR count). The molecule has 2 N–H and O–H groups in total. The molecule has 0 spiro atoms. The number of aliphatic hydroxyl groups is 1. The van der Waals surface area contributed by atoms with E-state index in [2.05, 4.69) is 14.3 Å². The van der Waals surface area contributed by atoms with Crippen molar-refractivity contribution in [3.8, 4) is 0 Å². The highest BCUT2D eigenvalue weighted by Gasteiger charge is 2.45. The lowest BCUT2D eigenvalue weighted by molar-refractivity contribution is -0.0127. The van der Waals surface area contributed by atoms with E-state index in [1.165, 1.54) is 0 Å². The van der Waals surface area contributed by atoms with E-state index >= 15 is 0 Å². The molecule has 7 unspecified atom stereocenters. The molecule has 0 radical (unpaired) electrons. The highest BCUT2D eigenvalue weighted by atomic mass is 31.2. The third-order valence-electron chi connectivity index (χ3n) is 11.4. The van der Waals surface area contributed by atoms with E-state index in [-0.39, 0.29) is 65.5 Å². The number of guanidine groups is 3. The number of ether oxygens (including phenoxy) is 3. The van der Waals surface area contributed by atoms with Crippen LogP contribution in [0.2, 0.25) is 0 Å². The van der Waals surface area contributed by atoms with Crippen molar-refractivity contribution in [1.29, 1.82) is 0 Å². The average molecular weight is 1040 g/mol. The van der Waals surface area contributed by atoms with Gasteiger partial charge in [-0.3, -0.25) is 36.2 Å². The molecule has 6 aliphatic heterocycles. The normalized spacial score (nSPS) is 29.8. The van der Waals surface area contributed by atoms with Crippen LogP contribution in [-0.2, 0) is 68.7 Å². The first-order chi connectivity index (χ1) is 31.5. The van der Waals surface area contributed by atoms with Gasteiger partial charge in [0, 0.05) is 121 Å². The van der Waals surface area contributed by atoms with Gasteiger partial charge in [0.2, 0.25) is 17.9 Å². The molecule has 386 valence electrons. The van der Waals surface area contributed by atoms with E-state index < -0.39 is 73.3 Å². The van der Waals surface area contributed by atoms with Crippen molar-refractivity contribution < 1.29 is 78.7 Å². The largest absolute Gasteiger partial charge is 0.472 e. The number of hydrogen-bond acceptors (Lipinski definition) is 16. The highest BCUT2D eigenvalue weighted by molar-refractivity contribution is 7.53. The van der Waals surface area contributed by atoms with Gasteiger partial charge in [-0.15, -0.1) is 14.3 Å². The van der Waals surface area contributed by atoms with Gasteiger partial charge in [-0.2, -0.15) is 0 Å². The van der Waals surface area contributed by atoms with E-state index in [0.29, 0.717) is 70.2 Å². The molecule has 30 heteroatoms. The Labute approximate surface area is 393 Å². The summed E-state index contributed by atoms with van der Waals surface area (Å²) in [5.74, 6) is 1.13. The second-order valence-corrected chi connectivity index (χ2v) is 24.3. The Balaban J connectivity index is 1.16. The van der Waals surface area contributed by atoms with Gasteiger partial charge in [-0.1, -0.05) is 0 Å². The van der Waals surface area contributed by atoms with Crippen molar-refractivity contribution in [2.24, 2.45) is 14.3 Å². The van der Waals surface area contributed by atoms with Crippen LogP contribution in [-0.4, -0.2) is 234 Å². The third kappa shape index (κ3) is 15.4. The molecule has 67 heavy (non-hydrogen) atoms. The van der Waals surface area contributed by atoms with Crippen LogP contribution >= 0.6 is 31.1 Å². The van der Waals surface area contributed by atoms with Gasteiger partial charge in [-0.25, -0.2) is 18.3 Å². The predicted octanol–water partition coefficient (Wildman–Crippen LogP) is 2.90. The number of phosphoric acid groups is 1. The van der Waals surface area contributed by atoms with Gasteiger partial charge in [0.15, 0.2) is 0 Å². The van der Waals surface area contributed by atoms with E-state index in [1.807, 2.05) is 33.7 Å². The summed E-state index contributed by atoms with van der Waals surface area (Å²) in [6.07, 6.45) is -4.21. The number of aliphatic hydroxyl groups excluding tert-OH is 1. The van der Waals surface area contributed by atoms with E-state index in [4.69, 9.17) is 50.4 Å². The molecule has 10 atom stereocenters. The monoisotopic (exact) mass is 1040 g/mol. The molecule has 0 aromatic rings. The van der Waals surface area contributed by atoms with Crippen molar-refractivity contribution in [2.75, 3.05) is 134 Å². The molecule has 0 bridgehead atoms. The minimum atomic E-state index is -4.45. The Morgan fingerprint density at radius 3 is 1.24 bits per heavy atom. The van der Waals surface area contributed by atoms with Gasteiger partial charge in [0.25, 0.3) is 0 Å². The van der Waals surface area contributed by atoms with Crippen LogP contribution < -0.4 is 0 Å². The zero-order valence-corrected chi connectivity index (χ0v) is 43.6. The summed E-state index contributed by atoms with van der Waals surface area (Å²) >= 11 is 0. The first kappa shape index (κ1) is 54.5. The number of hydrogen-bond donors (Lipinski definition) is 2. The smallest absolute Gasteiger partial charge is 0.394 e. The second kappa shape index (κ2) is 23.2. The van der Waals surface area contributed by atoms with Crippen molar-refractivity contribution in [3.05, 3.63) is 0 Å². The molecule has 0 saturated carbocycles. The molecular weight excluding hydrogens is 966 g/mol. The molecule has 0 aromatic heterocycles. The summed E-state index contributed by atoms with van der Waals surface area (Å²) in [7, 11) is -6.62. The first-order valence-electron chi connectivity index (χ1n) is 22.5. The van der Waals surface area contributed by atoms with Crippen molar-refractivity contribution in [1.82, 2.24) is 29.4 Å². The molecule has 0 aromatic carbocycles. The van der Waals surface area contributed by atoms with Gasteiger partial charge >= 0.3 is 31.1 Å². The van der Waals surface area contributed by atoms with Gasteiger partial charge in [0.05, 0.1) is 56.9 Å². The molecule has 0 amide bonds. The maximum Gasteiger partial charge on any atom is 0.472 e. The number of rotatable bonds is 23. The van der Waals surface area contributed by atoms with Gasteiger partial charge in [0.1, 0.15) is 18.3 Å². The Morgan fingerprint density at radius 1 is 0.552 bits per heavy atom. The molecule has 6 saturated heterocycles. The van der Waals surface area contributed by atoms with Crippen molar-refractivity contribution in [3.63, 3.8) is 0 Å². The van der Waals surface area contributed by atoms with Crippen molar-refractivity contribution in [2.45, 2.75) is 88.7 Å².